The summed E-state index contributed by atoms with van der Waals surface area (Å²) >= 11 is 0. The van der Waals surface area contributed by atoms with Crippen LogP contribution in [0, 0.1) is 0 Å². The third-order valence-corrected chi connectivity index (χ3v) is 3.03. The van der Waals surface area contributed by atoms with E-state index in [0.29, 0.717) is 11.3 Å². The number of phenols is 1. The number of nitrogens with zero attached hydrogens (tertiary/aromatic N) is 1. The number of carbonyl (C=O) groups excluding carboxylic acids is 1. The van der Waals surface area contributed by atoms with Gasteiger partial charge < -0.3 is 20.8 Å². The molecule has 0 spiro atoms. The summed E-state index contributed by atoms with van der Waals surface area (Å²) in [5, 5.41) is 18.3. The van der Waals surface area contributed by atoms with Crippen LogP contribution in [-0.4, -0.2) is 29.1 Å². The molecule has 0 unspecified atom stereocenters. The van der Waals surface area contributed by atoms with Crippen molar-refractivity contribution in [1.29, 1.82) is 0 Å². The SMILES string of the molecule is CN(C(=O)c1cccc(O)c1)c1ccc(C(=O)O)cc1N. The lowest BCUT2D eigenvalue weighted by atomic mass is 10.1. The van der Waals surface area contributed by atoms with Crippen molar-refractivity contribution in [3.63, 3.8) is 0 Å². The molecule has 6 nitrogen and oxygen atoms in total. The molecule has 0 heterocycles. The molecule has 2 aromatic rings. The topological polar surface area (TPSA) is 104 Å². The maximum atomic E-state index is 12.3. The van der Waals surface area contributed by atoms with Crippen LogP contribution in [0.4, 0.5) is 11.4 Å². The molecule has 6 heteroatoms. The monoisotopic (exact) mass is 286 g/mol. The molecule has 0 aliphatic carbocycles. The van der Waals surface area contributed by atoms with Crippen molar-refractivity contribution in [2.75, 3.05) is 17.7 Å². The third kappa shape index (κ3) is 2.94. The number of hydrogen-bond donors (Lipinski definition) is 3. The fraction of sp³-hybridized carbons (Fsp3) is 0.0667. The van der Waals surface area contributed by atoms with Crippen LogP contribution in [-0.2, 0) is 0 Å². The van der Waals surface area contributed by atoms with Gasteiger partial charge in [0.05, 0.1) is 16.9 Å². The molecular weight excluding hydrogens is 272 g/mol. The zero-order valence-electron chi connectivity index (χ0n) is 11.3. The minimum atomic E-state index is -1.09. The maximum absolute atomic E-state index is 12.3. The Balaban J connectivity index is 2.33. The van der Waals surface area contributed by atoms with Gasteiger partial charge in [-0.05, 0) is 36.4 Å². The van der Waals surface area contributed by atoms with Gasteiger partial charge in [-0.3, -0.25) is 4.79 Å². The molecule has 0 aromatic heterocycles. The normalized spacial score (nSPS) is 10.1. The number of nitrogens with two attached hydrogens (primary N) is 1. The summed E-state index contributed by atoms with van der Waals surface area (Å²) < 4.78 is 0. The molecule has 108 valence electrons. The van der Waals surface area contributed by atoms with E-state index < -0.39 is 5.97 Å². The smallest absolute Gasteiger partial charge is 0.335 e. The molecule has 2 aromatic carbocycles. The molecular formula is C15H14N2O4. The average Bonchev–Trinajstić information content (AvgIpc) is 2.45. The van der Waals surface area contributed by atoms with Crippen LogP contribution in [0.2, 0.25) is 0 Å². The molecule has 1 amide bonds. The van der Waals surface area contributed by atoms with E-state index in [1.807, 2.05) is 0 Å². The highest BCUT2D eigenvalue weighted by Crippen LogP contribution is 2.25. The molecule has 0 bridgehead atoms. The molecule has 21 heavy (non-hydrogen) atoms. The van der Waals surface area contributed by atoms with Gasteiger partial charge >= 0.3 is 5.97 Å². The summed E-state index contributed by atoms with van der Waals surface area (Å²) in [5.74, 6) is -1.46. The van der Waals surface area contributed by atoms with Gasteiger partial charge in [0.25, 0.3) is 5.91 Å². The van der Waals surface area contributed by atoms with Crippen LogP contribution in [0.3, 0.4) is 0 Å². The van der Waals surface area contributed by atoms with E-state index in [1.54, 1.807) is 12.1 Å². The summed E-state index contributed by atoms with van der Waals surface area (Å²) in [6.45, 7) is 0. The lowest BCUT2D eigenvalue weighted by Gasteiger charge is -2.19. The average molecular weight is 286 g/mol. The van der Waals surface area contributed by atoms with Crippen LogP contribution in [0.5, 0.6) is 5.75 Å². The number of aromatic hydroxyl groups is 1. The van der Waals surface area contributed by atoms with Gasteiger partial charge in [0.1, 0.15) is 5.75 Å². The maximum Gasteiger partial charge on any atom is 0.335 e. The fourth-order valence-electron chi connectivity index (χ4n) is 1.93. The number of nitrogen functional groups attached to an aromatic ring is 1. The van der Waals surface area contributed by atoms with E-state index in [-0.39, 0.29) is 22.9 Å². The van der Waals surface area contributed by atoms with Gasteiger partial charge in [-0.15, -0.1) is 0 Å². The van der Waals surface area contributed by atoms with Crippen molar-refractivity contribution in [2.45, 2.75) is 0 Å². The first-order chi connectivity index (χ1) is 9.90. The Morgan fingerprint density at radius 2 is 1.81 bits per heavy atom. The number of phenolic OH excluding ortho intramolecular Hbond substituents is 1. The minimum Gasteiger partial charge on any atom is -0.508 e. The van der Waals surface area contributed by atoms with E-state index in [4.69, 9.17) is 10.8 Å². The number of amides is 1. The van der Waals surface area contributed by atoms with Crippen LogP contribution in [0.25, 0.3) is 0 Å². The highest BCUT2D eigenvalue weighted by Gasteiger charge is 2.17. The minimum absolute atomic E-state index is 0.0107. The highest BCUT2D eigenvalue weighted by molar-refractivity contribution is 6.07. The van der Waals surface area contributed by atoms with Crippen LogP contribution >= 0.6 is 0 Å². The Labute approximate surface area is 121 Å². The number of benzene rings is 2. The number of carbonyl (C=O) groups is 2. The van der Waals surface area contributed by atoms with Gasteiger partial charge in [0.2, 0.25) is 0 Å². The highest BCUT2D eigenvalue weighted by atomic mass is 16.4. The molecule has 0 fully saturated rings. The van der Waals surface area contributed by atoms with E-state index >= 15 is 0 Å². The zero-order valence-corrected chi connectivity index (χ0v) is 11.3. The number of anilines is 2. The first kappa shape index (κ1) is 14.4. The van der Waals surface area contributed by atoms with Crippen molar-refractivity contribution in [3.05, 3.63) is 53.6 Å². The lowest BCUT2D eigenvalue weighted by molar-refractivity contribution is 0.0697. The second kappa shape index (κ2) is 5.54. The molecule has 0 aliphatic rings. The molecule has 2 rings (SSSR count). The van der Waals surface area contributed by atoms with E-state index in [1.165, 1.54) is 42.3 Å². The van der Waals surface area contributed by atoms with Gasteiger partial charge in [0, 0.05) is 12.6 Å². The lowest BCUT2D eigenvalue weighted by Crippen LogP contribution is -2.27. The first-order valence-electron chi connectivity index (χ1n) is 6.10. The number of hydrogen-bond acceptors (Lipinski definition) is 4. The second-order valence-electron chi connectivity index (χ2n) is 4.49. The number of aromatic carboxylic acids is 1. The standard InChI is InChI=1S/C15H14N2O4/c1-17(14(19)9-3-2-4-11(18)7-9)13-6-5-10(15(20)21)8-12(13)16/h2-8,18H,16H2,1H3,(H,20,21). The van der Waals surface area contributed by atoms with Gasteiger partial charge in [-0.1, -0.05) is 6.07 Å². The summed E-state index contributed by atoms with van der Waals surface area (Å²) in [6.07, 6.45) is 0. The Morgan fingerprint density at radius 1 is 1.10 bits per heavy atom. The van der Waals surface area contributed by atoms with Crippen molar-refractivity contribution >= 4 is 23.3 Å². The molecule has 0 saturated carbocycles. The second-order valence-corrected chi connectivity index (χ2v) is 4.49. The number of carboxylic acids is 1. The molecule has 0 aliphatic heterocycles. The van der Waals surface area contributed by atoms with Crippen molar-refractivity contribution < 1.29 is 19.8 Å². The molecule has 4 N–H and O–H groups in total. The van der Waals surface area contributed by atoms with E-state index in [2.05, 4.69) is 0 Å². The Kier molecular flexibility index (Phi) is 3.80. The summed E-state index contributed by atoms with van der Waals surface area (Å²) in [5.41, 5.74) is 6.74. The Morgan fingerprint density at radius 3 is 2.38 bits per heavy atom. The van der Waals surface area contributed by atoms with Crippen LogP contribution in [0.1, 0.15) is 20.7 Å². The Bertz CT molecular complexity index is 713. The van der Waals surface area contributed by atoms with Gasteiger partial charge in [-0.25, -0.2) is 4.79 Å². The number of rotatable bonds is 3. The van der Waals surface area contributed by atoms with E-state index in [9.17, 15) is 14.7 Å². The van der Waals surface area contributed by atoms with E-state index in [0.717, 1.165) is 0 Å². The van der Waals surface area contributed by atoms with Gasteiger partial charge in [-0.2, -0.15) is 0 Å². The van der Waals surface area contributed by atoms with Crippen molar-refractivity contribution in [3.8, 4) is 5.75 Å². The summed E-state index contributed by atoms with van der Waals surface area (Å²) in [7, 11) is 1.53. The fourth-order valence-corrected chi connectivity index (χ4v) is 1.93. The van der Waals surface area contributed by atoms with Gasteiger partial charge in [0.15, 0.2) is 0 Å². The van der Waals surface area contributed by atoms with Crippen molar-refractivity contribution in [2.24, 2.45) is 0 Å². The van der Waals surface area contributed by atoms with Crippen LogP contribution in [0.15, 0.2) is 42.5 Å². The molecule has 0 radical (unpaired) electrons. The summed E-state index contributed by atoms with van der Waals surface area (Å²) in [4.78, 5) is 24.5. The zero-order chi connectivity index (χ0) is 15.6. The third-order valence-electron chi connectivity index (χ3n) is 3.03. The largest absolute Gasteiger partial charge is 0.508 e. The van der Waals surface area contributed by atoms with Crippen LogP contribution < -0.4 is 10.6 Å². The first-order valence-corrected chi connectivity index (χ1v) is 6.10. The predicted octanol–water partition coefficient (Wildman–Crippen LogP) is 1.95. The quantitative estimate of drug-likeness (QED) is 0.748. The molecule has 0 atom stereocenters. The Hall–Kier alpha value is -3.02. The predicted molar refractivity (Wildman–Crippen MR) is 78.7 cm³/mol. The molecule has 0 saturated heterocycles. The number of carboxylic acid groups (broad SMARTS) is 1. The van der Waals surface area contributed by atoms with Crippen molar-refractivity contribution in [1.82, 2.24) is 0 Å². The summed E-state index contributed by atoms with van der Waals surface area (Å²) in [6, 6.07) is 10.1.